The van der Waals surface area contributed by atoms with Crippen LogP contribution in [0.2, 0.25) is 0 Å². The molecule has 7 atom stereocenters. The molecule has 0 rings (SSSR count). The van der Waals surface area contributed by atoms with Gasteiger partial charge in [0.25, 0.3) is 0 Å². The SMILES string of the molecule is CCCCCC/C=C\C=C/CCCCCCCC(=O)O[C@H](COC(=O)CCCCCCCCC(C)CC)COP(=O)(O)OC[C@H](O)COP(=O)(O)OC[C@@H](COC(=O)CCCCCCCCC(C)CC)OC(=O)CCCCCCCCCCCCCC(C)C. The Hall–Kier alpha value is -2.46. The van der Waals surface area contributed by atoms with E-state index in [9.17, 15) is 43.2 Å². The van der Waals surface area contributed by atoms with Crippen molar-refractivity contribution in [2.24, 2.45) is 17.8 Å². The minimum absolute atomic E-state index is 0.0835. The number of carbonyl (C=O) groups excluding carboxylic acids is 4. The Labute approximate surface area is 542 Å². The fraction of sp³-hybridized carbons (Fsp3) is 0.886. The molecule has 0 aliphatic heterocycles. The highest BCUT2D eigenvalue weighted by molar-refractivity contribution is 7.47. The van der Waals surface area contributed by atoms with Gasteiger partial charge in [0, 0.05) is 25.7 Å². The third-order valence-electron chi connectivity index (χ3n) is 16.2. The van der Waals surface area contributed by atoms with E-state index in [0.717, 1.165) is 133 Å². The van der Waals surface area contributed by atoms with Crippen LogP contribution in [0.5, 0.6) is 0 Å². The van der Waals surface area contributed by atoms with E-state index in [2.05, 4.69) is 72.8 Å². The van der Waals surface area contributed by atoms with Gasteiger partial charge in [0.2, 0.25) is 0 Å². The molecule has 0 amide bonds. The van der Waals surface area contributed by atoms with Gasteiger partial charge in [-0.15, -0.1) is 0 Å². The summed E-state index contributed by atoms with van der Waals surface area (Å²) >= 11 is 0. The summed E-state index contributed by atoms with van der Waals surface area (Å²) in [5, 5.41) is 10.6. The predicted octanol–water partition coefficient (Wildman–Crippen LogP) is 19.4. The number of allylic oxidation sites excluding steroid dienone is 4. The van der Waals surface area contributed by atoms with Gasteiger partial charge in [0.15, 0.2) is 12.2 Å². The maximum atomic E-state index is 13.0. The van der Waals surface area contributed by atoms with Crippen molar-refractivity contribution in [1.82, 2.24) is 0 Å². The Morgan fingerprint density at radius 3 is 1.00 bits per heavy atom. The van der Waals surface area contributed by atoms with Gasteiger partial charge < -0.3 is 33.8 Å². The van der Waals surface area contributed by atoms with Gasteiger partial charge in [0.05, 0.1) is 26.4 Å². The lowest BCUT2D eigenvalue weighted by Crippen LogP contribution is -2.30. The Morgan fingerprint density at radius 1 is 0.371 bits per heavy atom. The fourth-order valence-corrected chi connectivity index (χ4v) is 11.5. The van der Waals surface area contributed by atoms with Crippen LogP contribution in [0.3, 0.4) is 0 Å². The van der Waals surface area contributed by atoms with Crippen LogP contribution in [0, 0.1) is 17.8 Å². The highest BCUT2D eigenvalue weighted by atomic mass is 31.2. The van der Waals surface area contributed by atoms with Crippen molar-refractivity contribution in [3.05, 3.63) is 24.3 Å². The van der Waals surface area contributed by atoms with Gasteiger partial charge in [0.1, 0.15) is 19.3 Å². The van der Waals surface area contributed by atoms with Gasteiger partial charge in [-0.1, -0.05) is 272 Å². The zero-order valence-electron chi connectivity index (χ0n) is 57.4. The van der Waals surface area contributed by atoms with E-state index in [1.165, 1.54) is 109 Å². The molecule has 0 aromatic rings. The number of phosphoric ester groups is 2. The van der Waals surface area contributed by atoms with E-state index >= 15 is 0 Å². The summed E-state index contributed by atoms with van der Waals surface area (Å²) in [5.41, 5.74) is 0. The summed E-state index contributed by atoms with van der Waals surface area (Å²) < 4.78 is 68.2. The molecule has 0 aliphatic carbocycles. The Kier molecular flexibility index (Phi) is 58.8. The second-order valence-corrected chi connectivity index (χ2v) is 28.5. The maximum Gasteiger partial charge on any atom is 0.472 e. The molecule has 19 heteroatoms. The molecule has 0 radical (unpaired) electrons. The van der Waals surface area contributed by atoms with Gasteiger partial charge >= 0.3 is 39.5 Å². The summed E-state index contributed by atoms with van der Waals surface area (Å²) in [6, 6.07) is 0. The van der Waals surface area contributed by atoms with Crippen LogP contribution in [0.1, 0.15) is 325 Å². The van der Waals surface area contributed by atoms with Crippen LogP contribution in [0.25, 0.3) is 0 Å². The van der Waals surface area contributed by atoms with E-state index in [1.54, 1.807) is 0 Å². The molecular formula is C70H132O17P2. The lowest BCUT2D eigenvalue weighted by molar-refractivity contribution is -0.161. The molecule has 0 spiro atoms. The van der Waals surface area contributed by atoms with Crippen molar-refractivity contribution in [2.45, 2.75) is 343 Å². The quantitative estimate of drug-likeness (QED) is 0.0169. The number of unbranched alkanes of at least 4 members (excludes halogenated alkanes) is 29. The normalized spacial score (nSPS) is 15.0. The lowest BCUT2D eigenvalue weighted by Gasteiger charge is -2.21. The largest absolute Gasteiger partial charge is 0.472 e. The van der Waals surface area contributed by atoms with Crippen molar-refractivity contribution in [3.8, 4) is 0 Å². The van der Waals surface area contributed by atoms with Crippen molar-refractivity contribution in [2.75, 3.05) is 39.6 Å². The average Bonchev–Trinajstić information content (AvgIpc) is 3.50. The minimum atomic E-state index is -4.96. The van der Waals surface area contributed by atoms with Crippen LogP contribution < -0.4 is 0 Å². The standard InChI is InChI=1S/C70H132O17P2/c1-8-11-12-13-14-15-16-17-18-19-22-25-28-39-46-53-69(74)86-65(57-80-67(72)51-44-37-32-30-35-42-49-62(6)9-2)59-84-88(76,77)82-55-64(71)56-83-89(78,79)85-60-66(58-81-68(73)52-45-38-33-31-36-43-50-63(7)10-3)87-70(75)54-47-40-29-26-23-20-21-24-27-34-41-48-61(4)5/h15-18,61-66,71H,8-14,19-60H2,1-7H3,(H,76,77)(H,78,79)/b16-15-,18-17-/t62?,63?,64-,65+,66+/m0/s1. The first-order chi connectivity index (χ1) is 42.8. The number of ether oxygens (including phenoxy) is 4. The van der Waals surface area contributed by atoms with E-state index in [1.807, 2.05) is 0 Å². The van der Waals surface area contributed by atoms with Crippen LogP contribution in [0.4, 0.5) is 0 Å². The summed E-state index contributed by atoms with van der Waals surface area (Å²) in [5.74, 6) is 0.0606. The second kappa shape index (κ2) is 60.5. The molecule has 0 saturated heterocycles. The Balaban J connectivity index is 5.29. The monoisotopic (exact) mass is 1310 g/mol. The van der Waals surface area contributed by atoms with E-state index in [-0.39, 0.29) is 25.7 Å². The smallest absolute Gasteiger partial charge is 0.462 e. The minimum Gasteiger partial charge on any atom is -0.462 e. The molecule has 0 saturated carbocycles. The van der Waals surface area contributed by atoms with Crippen molar-refractivity contribution in [3.63, 3.8) is 0 Å². The predicted molar refractivity (Wildman–Crippen MR) is 358 cm³/mol. The Morgan fingerprint density at radius 2 is 0.663 bits per heavy atom. The lowest BCUT2D eigenvalue weighted by atomic mass is 10.00. The molecule has 0 fully saturated rings. The summed E-state index contributed by atoms with van der Waals surface area (Å²) in [6.07, 6.45) is 46.7. The van der Waals surface area contributed by atoms with Gasteiger partial charge in [-0.05, 0) is 69.1 Å². The summed E-state index contributed by atoms with van der Waals surface area (Å²) in [6.45, 7) is 11.7. The highest BCUT2D eigenvalue weighted by Gasteiger charge is 2.30. The Bertz CT molecular complexity index is 1850. The number of rotatable bonds is 66. The topological polar surface area (TPSA) is 237 Å². The second-order valence-electron chi connectivity index (χ2n) is 25.5. The first-order valence-corrected chi connectivity index (χ1v) is 38.7. The third-order valence-corrected chi connectivity index (χ3v) is 18.1. The van der Waals surface area contributed by atoms with Crippen LogP contribution >= 0.6 is 15.6 Å². The summed E-state index contributed by atoms with van der Waals surface area (Å²) in [4.78, 5) is 72.5. The van der Waals surface area contributed by atoms with Crippen LogP contribution in [-0.4, -0.2) is 96.7 Å². The molecule has 4 unspecified atom stereocenters. The number of hydrogen-bond acceptors (Lipinski definition) is 15. The molecule has 0 aromatic heterocycles. The number of esters is 4. The van der Waals surface area contributed by atoms with E-state index < -0.39 is 97.5 Å². The maximum absolute atomic E-state index is 13.0. The summed E-state index contributed by atoms with van der Waals surface area (Å²) in [7, 11) is -9.91. The molecule has 0 aromatic carbocycles. The molecule has 3 N–H and O–H groups in total. The molecular weight excluding hydrogens is 1170 g/mol. The molecule has 17 nitrogen and oxygen atoms in total. The van der Waals surface area contributed by atoms with Crippen LogP contribution in [-0.2, 0) is 65.4 Å². The van der Waals surface area contributed by atoms with Crippen molar-refractivity contribution in [1.29, 1.82) is 0 Å². The molecule has 524 valence electrons. The first kappa shape index (κ1) is 86.5. The molecule has 0 heterocycles. The number of aliphatic hydroxyl groups excluding tert-OH is 1. The molecule has 89 heavy (non-hydrogen) atoms. The van der Waals surface area contributed by atoms with E-state index in [4.69, 9.17) is 37.0 Å². The van der Waals surface area contributed by atoms with E-state index in [0.29, 0.717) is 25.7 Å². The van der Waals surface area contributed by atoms with Crippen molar-refractivity contribution < 1.29 is 80.2 Å². The zero-order chi connectivity index (χ0) is 65.9. The molecule has 0 bridgehead atoms. The van der Waals surface area contributed by atoms with Crippen LogP contribution in [0.15, 0.2) is 24.3 Å². The third kappa shape index (κ3) is 61.5. The number of hydrogen-bond donors (Lipinski definition) is 3. The highest BCUT2D eigenvalue weighted by Crippen LogP contribution is 2.45. The number of carbonyl (C=O) groups is 4. The average molecular weight is 1310 g/mol. The number of aliphatic hydroxyl groups is 1. The van der Waals surface area contributed by atoms with Gasteiger partial charge in [-0.2, -0.15) is 0 Å². The molecule has 0 aliphatic rings. The van der Waals surface area contributed by atoms with Gasteiger partial charge in [-0.25, -0.2) is 9.13 Å². The zero-order valence-corrected chi connectivity index (χ0v) is 59.2. The fourth-order valence-electron chi connectivity index (χ4n) is 9.94. The van der Waals surface area contributed by atoms with Gasteiger partial charge in [-0.3, -0.25) is 37.3 Å². The van der Waals surface area contributed by atoms with Crippen molar-refractivity contribution >= 4 is 39.5 Å². The first-order valence-electron chi connectivity index (χ1n) is 35.7. The number of phosphoric acid groups is 2.